The fourth-order valence-corrected chi connectivity index (χ4v) is 5.92. The van der Waals surface area contributed by atoms with Crippen molar-refractivity contribution >= 4 is 28.6 Å². The molecule has 1 aromatic heterocycles. The first-order chi connectivity index (χ1) is 21.2. The van der Waals surface area contributed by atoms with Gasteiger partial charge in [-0.3, -0.25) is 4.90 Å². The number of aromatic nitrogens is 2. The molecule has 2 aliphatic rings. The van der Waals surface area contributed by atoms with E-state index in [4.69, 9.17) is 21.1 Å². The molecular formula is C33H31ClF2N4O4. The predicted octanol–water partition coefficient (Wildman–Crippen LogP) is 6.98. The number of carbonyl (C=O) groups is 1. The molecule has 0 atom stereocenters. The number of halogens is 3. The van der Waals surface area contributed by atoms with Crippen molar-refractivity contribution in [3.05, 3.63) is 88.2 Å². The Bertz CT molecular complexity index is 1740. The molecule has 2 heterocycles. The number of likely N-dealkylation sites (tertiary alicyclic amines) is 1. The summed E-state index contributed by atoms with van der Waals surface area (Å²) in [6, 6.07) is 16.6. The molecule has 11 heteroatoms. The van der Waals surface area contributed by atoms with Gasteiger partial charge in [0.1, 0.15) is 29.8 Å². The predicted molar refractivity (Wildman–Crippen MR) is 160 cm³/mol. The Morgan fingerprint density at radius 3 is 2.61 bits per heavy atom. The number of hydrogen-bond acceptors (Lipinski definition) is 6. The summed E-state index contributed by atoms with van der Waals surface area (Å²) in [7, 11) is 0. The number of rotatable bonds is 11. The quantitative estimate of drug-likeness (QED) is 0.193. The zero-order chi connectivity index (χ0) is 30.8. The number of carboxylic acid groups (broad SMARTS) is 1. The minimum atomic E-state index is -1.20. The van der Waals surface area contributed by atoms with Gasteiger partial charge in [-0.2, -0.15) is 5.26 Å². The first-order valence-corrected chi connectivity index (χ1v) is 14.9. The van der Waals surface area contributed by atoms with Crippen LogP contribution in [0, 0.1) is 28.4 Å². The number of nitriles is 1. The summed E-state index contributed by atoms with van der Waals surface area (Å²) in [5.74, 6) is -0.882. The SMILES string of the molecule is N#CCC1(Cn2c(CN3CCC(Oc4cccc(COc5ccc(Cl)cc5F)c4)CC3)nc3c(F)cc(C(=O)O)cc32)CC1. The normalized spacial score (nSPS) is 16.5. The van der Waals surface area contributed by atoms with Gasteiger partial charge in [-0.25, -0.2) is 18.6 Å². The second-order valence-electron chi connectivity index (χ2n) is 11.7. The van der Waals surface area contributed by atoms with Crippen LogP contribution in [-0.4, -0.2) is 44.7 Å². The molecule has 1 saturated carbocycles. The zero-order valence-corrected chi connectivity index (χ0v) is 24.7. The van der Waals surface area contributed by atoms with Crippen molar-refractivity contribution in [1.29, 1.82) is 5.26 Å². The molecule has 0 unspecified atom stereocenters. The number of imidazole rings is 1. The van der Waals surface area contributed by atoms with Crippen LogP contribution in [0.2, 0.25) is 5.02 Å². The number of fused-ring (bicyclic) bond motifs is 1. The molecular weight excluding hydrogens is 590 g/mol. The van der Waals surface area contributed by atoms with Gasteiger partial charge >= 0.3 is 5.97 Å². The lowest BCUT2D eigenvalue weighted by molar-refractivity contribution is 0.0696. The summed E-state index contributed by atoms with van der Waals surface area (Å²) < 4.78 is 42.9. The molecule has 6 rings (SSSR count). The maximum atomic E-state index is 15.0. The third-order valence-electron chi connectivity index (χ3n) is 8.43. The van der Waals surface area contributed by atoms with Crippen LogP contribution in [0.5, 0.6) is 11.5 Å². The molecule has 2 fully saturated rings. The van der Waals surface area contributed by atoms with Crippen molar-refractivity contribution in [3.63, 3.8) is 0 Å². The van der Waals surface area contributed by atoms with Crippen LogP contribution in [-0.2, 0) is 19.7 Å². The molecule has 0 bridgehead atoms. The van der Waals surface area contributed by atoms with Crippen molar-refractivity contribution < 1.29 is 28.2 Å². The van der Waals surface area contributed by atoms with Gasteiger partial charge in [0.05, 0.1) is 23.7 Å². The summed E-state index contributed by atoms with van der Waals surface area (Å²) >= 11 is 5.82. The number of piperidine rings is 1. The third-order valence-corrected chi connectivity index (χ3v) is 8.66. The Balaban J connectivity index is 1.10. The average Bonchev–Trinajstić information content (AvgIpc) is 3.67. The van der Waals surface area contributed by atoms with Crippen LogP contribution in [0.25, 0.3) is 11.0 Å². The Labute approximate surface area is 258 Å². The molecule has 1 N–H and O–H groups in total. The van der Waals surface area contributed by atoms with Crippen LogP contribution >= 0.6 is 11.6 Å². The largest absolute Gasteiger partial charge is 0.490 e. The Morgan fingerprint density at radius 2 is 1.91 bits per heavy atom. The van der Waals surface area contributed by atoms with E-state index in [0.717, 1.165) is 50.4 Å². The van der Waals surface area contributed by atoms with Crippen LogP contribution in [0.4, 0.5) is 8.78 Å². The first kappa shape index (κ1) is 29.9. The average molecular weight is 621 g/mol. The summed E-state index contributed by atoms with van der Waals surface area (Å²) in [6.07, 6.45) is 3.72. The lowest BCUT2D eigenvalue weighted by Crippen LogP contribution is -2.38. The highest BCUT2D eigenvalue weighted by Crippen LogP contribution is 2.50. The zero-order valence-electron chi connectivity index (χ0n) is 23.9. The summed E-state index contributed by atoms with van der Waals surface area (Å²) in [5.41, 5.74) is 1.13. The molecule has 0 radical (unpaired) electrons. The topological polar surface area (TPSA) is 101 Å². The van der Waals surface area contributed by atoms with Gasteiger partial charge in [-0.15, -0.1) is 0 Å². The van der Waals surface area contributed by atoms with Gasteiger partial charge in [-0.1, -0.05) is 23.7 Å². The van der Waals surface area contributed by atoms with E-state index in [-0.39, 0.29) is 35.0 Å². The van der Waals surface area contributed by atoms with Gasteiger partial charge in [0, 0.05) is 36.5 Å². The molecule has 0 spiro atoms. The van der Waals surface area contributed by atoms with Crippen LogP contribution < -0.4 is 9.47 Å². The van der Waals surface area contributed by atoms with Crippen LogP contribution in [0.1, 0.15) is 53.8 Å². The molecule has 1 saturated heterocycles. The Kier molecular flexibility index (Phi) is 8.43. The van der Waals surface area contributed by atoms with Crippen molar-refractivity contribution in [2.75, 3.05) is 13.1 Å². The van der Waals surface area contributed by atoms with E-state index < -0.39 is 17.6 Å². The minimum Gasteiger partial charge on any atom is -0.490 e. The molecule has 44 heavy (non-hydrogen) atoms. The van der Waals surface area contributed by atoms with Crippen molar-refractivity contribution in [1.82, 2.24) is 14.5 Å². The summed E-state index contributed by atoms with van der Waals surface area (Å²) in [4.78, 5) is 18.5. The van der Waals surface area contributed by atoms with Crippen molar-refractivity contribution in [2.24, 2.45) is 5.41 Å². The van der Waals surface area contributed by atoms with Crippen LogP contribution in [0.3, 0.4) is 0 Å². The second-order valence-corrected chi connectivity index (χ2v) is 12.1. The fraction of sp³-hybridized carbons (Fsp3) is 0.364. The van der Waals surface area contributed by atoms with E-state index in [1.807, 2.05) is 28.8 Å². The van der Waals surface area contributed by atoms with E-state index in [1.54, 1.807) is 6.07 Å². The number of benzene rings is 3. The van der Waals surface area contributed by atoms with E-state index in [2.05, 4.69) is 16.0 Å². The highest BCUT2D eigenvalue weighted by Gasteiger charge is 2.43. The molecule has 228 valence electrons. The van der Waals surface area contributed by atoms with Gasteiger partial charge in [0.25, 0.3) is 0 Å². The lowest BCUT2D eigenvalue weighted by atomic mass is 10.0. The highest BCUT2D eigenvalue weighted by atomic mass is 35.5. The van der Waals surface area contributed by atoms with Crippen LogP contribution in [0.15, 0.2) is 54.6 Å². The third kappa shape index (κ3) is 6.64. The Morgan fingerprint density at radius 1 is 1.11 bits per heavy atom. The minimum absolute atomic E-state index is 0.00382. The monoisotopic (exact) mass is 620 g/mol. The number of carboxylic acids is 1. The summed E-state index contributed by atoms with van der Waals surface area (Å²) in [5, 5.41) is 19.2. The Hall–Kier alpha value is -4.20. The number of ether oxygens (including phenoxy) is 2. The van der Waals surface area contributed by atoms with Gasteiger partial charge < -0.3 is 19.1 Å². The number of nitrogens with zero attached hydrogens (tertiary/aromatic N) is 4. The maximum absolute atomic E-state index is 15.0. The highest BCUT2D eigenvalue weighted by molar-refractivity contribution is 6.30. The molecule has 0 amide bonds. The van der Waals surface area contributed by atoms with Crippen molar-refractivity contribution in [2.45, 2.75) is 57.9 Å². The van der Waals surface area contributed by atoms with Gasteiger partial charge in [-0.05, 0) is 73.7 Å². The van der Waals surface area contributed by atoms with Gasteiger partial charge in [0.2, 0.25) is 0 Å². The van der Waals surface area contributed by atoms with Crippen molar-refractivity contribution in [3.8, 4) is 17.6 Å². The molecule has 1 aliphatic carbocycles. The van der Waals surface area contributed by atoms with E-state index in [0.29, 0.717) is 41.6 Å². The van der Waals surface area contributed by atoms with E-state index >= 15 is 0 Å². The smallest absolute Gasteiger partial charge is 0.335 e. The summed E-state index contributed by atoms with van der Waals surface area (Å²) in [6.45, 7) is 2.62. The standard InChI is InChI=1S/C33H31ClF2N4O4/c34-23-4-5-29(26(35)17-23)43-19-21-2-1-3-25(14-21)44-24-6-12-39(13-7-24)18-30-38-31-27(36)15-22(32(41)42)16-28(31)40(30)20-33(8-9-33)10-11-37/h1-5,14-17,24H,6-10,12-13,18-20H2,(H,41,42). The lowest BCUT2D eigenvalue weighted by Gasteiger charge is -2.32. The fourth-order valence-electron chi connectivity index (χ4n) is 5.76. The molecule has 3 aromatic carbocycles. The molecule has 8 nitrogen and oxygen atoms in total. The number of aromatic carboxylic acids is 1. The maximum Gasteiger partial charge on any atom is 0.335 e. The van der Waals surface area contributed by atoms with E-state index in [9.17, 15) is 23.9 Å². The van der Waals surface area contributed by atoms with E-state index in [1.165, 1.54) is 18.2 Å². The van der Waals surface area contributed by atoms with Gasteiger partial charge in [0.15, 0.2) is 17.4 Å². The molecule has 4 aromatic rings. The second kappa shape index (κ2) is 12.4. The number of hydrogen-bond donors (Lipinski definition) is 1. The first-order valence-electron chi connectivity index (χ1n) is 14.6. The molecule has 1 aliphatic heterocycles.